The van der Waals surface area contributed by atoms with Gasteiger partial charge in [0.1, 0.15) is 17.8 Å². The van der Waals surface area contributed by atoms with E-state index in [-0.39, 0.29) is 23.2 Å². The summed E-state index contributed by atoms with van der Waals surface area (Å²) < 4.78 is 58.9. The topological polar surface area (TPSA) is 74.3 Å². The summed E-state index contributed by atoms with van der Waals surface area (Å²) in [6, 6.07) is 8.41. The van der Waals surface area contributed by atoms with E-state index in [1.807, 2.05) is 0 Å². The molecule has 0 radical (unpaired) electrons. The second kappa shape index (κ2) is 12.7. The molecule has 1 aliphatic rings. The van der Waals surface area contributed by atoms with Crippen molar-refractivity contribution in [2.75, 3.05) is 46.4 Å². The van der Waals surface area contributed by atoms with Crippen LogP contribution in [0.15, 0.2) is 40.9 Å². The normalized spacial score (nSPS) is 14.9. The minimum absolute atomic E-state index is 0.163. The van der Waals surface area contributed by atoms with Crippen LogP contribution in [0.1, 0.15) is 23.3 Å². The van der Waals surface area contributed by atoms with Crippen molar-refractivity contribution in [3.8, 4) is 0 Å². The average molecular weight is 548 g/mol. The van der Waals surface area contributed by atoms with Crippen LogP contribution in [0.25, 0.3) is 0 Å². The number of ether oxygens (including phenoxy) is 4. The maximum absolute atomic E-state index is 13.7. The van der Waals surface area contributed by atoms with Gasteiger partial charge in [0.25, 0.3) is 0 Å². The Morgan fingerprint density at radius 1 is 0.882 bits per heavy atom. The predicted molar refractivity (Wildman–Crippen MR) is 121 cm³/mol. The van der Waals surface area contributed by atoms with E-state index in [9.17, 15) is 22.8 Å². The molecule has 2 unspecified atom stereocenters. The molecular weight excluding hydrogens is 523 g/mol. The minimum Gasteiger partial charge on any atom is -0.467 e. The van der Waals surface area contributed by atoms with Gasteiger partial charge in [0, 0.05) is 14.2 Å². The lowest BCUT2D eigenvalue weighted by Gasteiger charge is -2.36. The molecule has 7 nitrogen and oxygen atoms in total. The molecule has 0 aliphatic carbocycles. The van der Waals surface area contributed by atoms with Gasteiger partial charge >= 0.3 is 11.9 Å². The molecule has 0 aromatic heterocycles. The molecule has 2 atom stereocenters. The molecule has 1 heterocycles. The number of esters is 2. The summed E-state index contributed by atoms with van der Waals surface area (Å²) in [7, 11) is 5.28. The highest BCUT2D eigenvalue weighted by Crippen LogP contribution is 2.30. The summed E-state index contributed by atoms with van der Waals surface area (Å²) >= 11 is 3.03. The molecule has 0 bridgehead atoms. The standard InChI is InChI=1S/C13H15F2NO3.C10H10BrFO3/c1-18-12(13(17)19-2)8-3-4-10(15)11(5-8)16-6-9(14)7-16;1-14-9(10(13)15-2)6-3-4-8(12)7(11)5-6/h3-5,9,12H,6-7H2,1-2H3;3-5,9H,1-2H3. The Kier molecular flexibility index (Phi) is 10.3. The van der Waals surface area contributed by atoms with Crippen molar-refractivity contribution in [2.24, 2.45) is 0 Å². The SMILES string of the molecule is COC(=O)C(OC)c1ccc(F)c(Br)c1.COC(=O)C(OC)c1ccc(F)c(N2CC(F)C2)c1. The molecule has 186 valence electrons. The summed E-state index contributed by atoms with van der Waals surface area (Å²) in [6.07, 6.45) is -2.67. The fourth-order valence-electron chi connectivity index (χ4n) is 3.18. The van der Waals surface area contributed by atoms with Gasteiger partial charge in [-0.2, -0.15) is 0 Å². The second-order valence-corrected chi connectivity index (χ2v) is 8.02. The second-order valence-electron chi connectivity index (χ2n) is 7.16. The quantitative estimate of drug-likeness (QED) is 0.478. The molecule has 0 N–H and O–H groups in total. The van der Waals surface area contributed by atoms with Crippen molar-refractivity contribution in [3.63, 3.8) is 0 Å². The van der Waals surface area contributed by atoms with Crippen LogP contribution in [0, 0.1) is 11.6 Å². The van der Waals surface area contributed by atoms with E-state index < -0.39 is 42.0 Å². The van der Waals surface area contributed by atoms with Gasteiger partial charge in [-0.3, -0.25) is 0 Å². The minimum atomic E-state index is -0.929. The maximum Gasteiger partial charge on any atom is 0.339 e. The Balaban J connectivity index is 0.000000248. The maximum atomic E-state index is 13.7. The molecule has 2 aromatic rings. The van der Waals surface area contributed by atoms with Crippen LogP contribution >= 0.6 is 15.9 Å². The molecule has 1 fully saturated rings. The highest BCUT2D eigenvalue weighted by atomic mass is 79.9. The lowest BCUT2D eigenvalue weighted by Crippen LogP contribution is -2.48. The largest absolute Gasteiger partial charge is 0.467 e. The van der Waals surface area contributed by atoms with Crippen molar-refractivity contribution in [1.82, 2.24) is 0 Å². The summed E-state index contributed by atoms with van der Waals surface area (Å²) in [6.45, 7) is 0.326. The van der Waals surface area contributed by atoms with Gasteiger partial charge in [-0.05, 0) is 51.3 Å². The molecule has 11 heteroatoms. The van der Waals surface area contributed by atoms with Gasteiger partial charge in [0.15, 0.2) is 12.2 Å². The van der Waals surface area contributed by atoms with E-state index in [0.717, 1.165) is 0 Å². The molecule has 0 amide bonds. The number of halogens is 4. The number of hydrogen-bond donors (Lipinski definition) is 0. The van der Waals surface area contributed by atoms with Gasteiger partial charge in [0.2, 0.25) is 0 Å². The van der Waals surface area contributed by atoms with Gasteiger partial charge in [-0.1, -0.05) is 12.1 Å². The molecule has 34 heavy (non-hydrogen) atoms. The van der Waals surface area contributed by atoms with E-state index in [2.05, 4.69) is 25.4 Å². The third-order valence-electron chi connectivity index (χ3n) is 5.00. The van der Waals surface area contributed by atoms with E-state index in [1.54, 1.807) is 4.90 Å². The lowest BCUT2D eigenvalue weighted by atomic mass is 10.1. The highest BCUT2D eigenvalue weighted by Gasteiger charge is 2.30. The summed E-state index contributed by atoms with van der Waals surface area (Å²) in [5, 5.41) is 0. The van der Waals surface area contributed by atoms with Crippen molar-refractivity contribution in [1.29, 1.82) is 0 Å². The Bertz CT molecular complexity index is 1000. The first-order valence-corrected chi connectivity index (χ1v) is 10.8. The molecular formula is C23H25BrF3NO6. The van der Waals surface area contributed by atoms with Gasteiger partial charge in [-0.25, -0.2) is 22.8 Å². The number of rotatable bonds is 7. The number of hydrogen-bond acceptors (Lipinski definition) is 7. The first kappa shape index (κ1) is 27.6. The monoisotopic (exact) mass is 547 g/mol. The molecule has 0 saturated carbocycles. The van der Waals surface area contributed by atoms with Crippen LogP contribution in [0.2, 0.25) is 0 Å². The Hall–Kier alpha value is -2.63. The van der Waals surface area contributed by atoms with Crippen molar-refractivity contribution in [3.05, 3.63) is 63.6 Å². The number of anilines is 1. The fraction of sp³-hybridized carbons (Fsp3) is 0.391. The van der Waals surface area contributed by atoms with Crippen LogP contribution in [0.3, 0.4) is 0 Å². The van der Waals surface area contributed by atoms with Gasteiger partial charge < -0.3 is 23.8 Å². The van der Waals surface area contributed by atoms with Crippen molar-refractivity contribution >= 4 is 33.6 Å². The molecule has 1 saturated heterocycles. The highest BCUT2D eigenvalue weighted by molar-refractivity contribution is 9.10. The number of methoxy groups -OCH3 is 4. The smallest absolute Gasteiger partial charge is 0.339 e. The van der Waals surface area contributed by atoms with E-state index >= 15 is 0 Å². The zero-order valence-corrected chi connectivity index (χ0v) is 20.6. The average Bonchev–Trinajstić information content (AvgIpc) is 2.81. The van der Waals surface area contributed by atoms with Crippen molar-refractivity contribution < 1.29 is 41.7 Å². The number of alkyl halides is 1. The Morgan fingerprint density at radius 2 is 1.35 bits per heavy atom. The predicted octanol–water partition coefficient (Wildman–Crippen LogP) is 4.29. The third kappa shape index (κ3) is 6.71. The number of carbonyl (C=O) groups is 2. The van der Waals surface area contributed by atoms with Crippen LogP contribution < -0.4 is 4.90 Å². The number of nitrogens with zero attached hydrogens (tertiary/aromatic N) is 1. The molecule has 0 spiro atoms. The first-order chi connectivity index (χ1) is 16.2. The van der Waals surface area contributed by atoms with Gasteiger partial charge in [0.05, 0.1) is 37.5 Å². The molecule has 3 rings (SSSR count). The van der Waals surface area contributed by atoms with Gasteiger partial charge in [-0.15, -0.1) is 0 Å². The lowest BCUT2D eigenvalue weighted by molar-refractivity contribution is -0.153. The van der Waals surface area contributed by atoms with E-state index in [1.165, 1.54) is 64.8 Å². The van der Waals surface area contributed by atoms with Crippen LogP contribution in [-0.4, -0.2) is 59.6 Å². The Morgan fingerprint density at radius 3 is 1.76 bits per heavy atom. The van der Waals surface area contributed by atoms with Crippen LogP contribution in [0.5, 0.6) is 0 Å². The van der Waals surface area contributed by atoms with E-state index in [0.29, 0.717) is 11.1 Å². The first-order valence-electron chi connectivity index (χ1n) is 10.0. The van der Waals surface area contributed by atoms with Crippen LogP contribution in [-0.2, 0) is 28.5 Å². The van der Waals surface area contributed by atoms with Crippen LogP contribution in [0.4, 0.5) is 18.9 Å². The summed E-state index contributed by atoms with van der Waals surface area (Å²) in [4.78, 5) is 24.4. The molecule has 2 aromatic carbocycles. The Labute approximate surface area is 203 Å². The van der Waals surface area contributed by atoms with E-state index in [4.69, 9.17) is 9.47 Å². The fourth-order valence-corrected chi connectivity index (χ4v) is 3.58. The summed E-state index contributed by atoms with van der Waals surface area (Å²) in [5.41, 5.74) is 1.29. The third-order valence-corrected chi connectivity index (χ3v) is 5.61. The molecule has 1 aliphatic heterocycles. The zero-order chi connectivity index (χ0) is 25.4. The zero-order valence-electron chi connectivity index (χ0n) is 19.0. The van der Waals surface area contributed by atoms with Crippen molar-refractivity contribution in [2.45, 2.75) is 18.4 Å². The summed E-state index contributed by atoms with van der Waals surface area (Å²) in [5.74, 6) is -1.92. The number of benzene rings is 2. The number of carbonyl (C=O) groups excluding carboxylic acids is 2.